The molecule has 0 radical (unpaired) electrons. The number of aromatic hydroxyl groups is 1. The highest BCUT2D eigenvalue weighted by atomic mass is 16.5. The van der Waals surface area contributed by atoms with Gasteiger partial charge in [0.15, 0.2) is 6.61 Å². The van der Waals surface area contributed by atoms with Crippen LogP contribution in [0.25, 0.3) is 0 Å². The molecule has 0 unspecified atom stereocenters. The van der Waals surface area contributed by atoms with Crippen LogP contribution in [0, 0.1) is 0 Å². The van der Waals surface area contributed by atoms with Gasteiger partial charge in [0.25, 0.3) is 5.91 Å². The molecule has 2 N–H and O–H groups in total. The molecule has 0 aliphatic carbocycles. The minimum Gasteiger partial charge on any atom is -0.508 e. The maximum Gasteiger partial charge on any atom is 0.262 e. The molecule has 0 heterocycles. The average Bonchev–Trinajstić information content (AvgIpc) is 2.66. The Labute approximate surface area is 151 Å². The average molecular weight is 349 g/mol. The lowest BCUT2D eigenvalue weighted by Crippen LogP contribution is -2.20. The summed E-state index contributed by atoms with van der Waals surface area (Å²) in [5, 5.41) is 12.0. The van der Waals surface area contributed by atoms with Crippen LogP contribution in [0.3, 0.4) is 0 Å². The standard InChI is InChI=1S/C21H19NO4/c23-18-8-4-7-17(13-18)22-21(24)15-26-20-11-9-19(10-12-20)25-14-16-5-2-1-3-6-16/h1-13,23H,14-15H2,(H,22,24). The van der Waals surface area contributed by atoms with Gasteiger partial charge in [-0.1, -0.05) is 36.4 Å². The van der Waals surface area contributed by atoms with Crippen LogP contribution in [0.4, 0.5) is 5.69 Å². The Kier molecular flexibility index (Phi) is 5.72. The van der Waals surface area contributed by atoms with Crippen molar-refractivity contribution in [1.82, 2.24) is 0 Å². The number of hydrogen-bond donors (Lipinski definition) is 2. The van der Waals surface area contributed by atoms with Gasteiger partial charge in [0.2, 0.25) is 0 Å². The van der Waals surface area contributed by atoms with E-state index in [1.165, 1.54) is 12.1 Å². The zero-order chi connectivity index (χ0) is 18.2. The van der Waals surface area contributed by atoms with Gasteiger partial charge in [-0.25, -0.2) is 0 Å². The Morgan fingerprint density at radius 2 is 1.54 bits per heavy atom. The maximum absolute atomic E-state index is 11.9. The van der Waals surface area contributed by atoms with Gasteiger partial charge in [0.05, 0.1) is 0 Å². The van der Waals surface area contributed by atoms with E-state index < -0.39 is 0 Å². The van der Waals surface area contributed by atoms with Gasteiger partial charge in [-0.15, -0.1) is 0 Å². The zero-order valence-electron chi connectivity index (χ0n) is 14.1. The summed E-state index contributed by atoms with van der Waals surface area (Å²) in [5.74, 6) is 1.09. The Balaban J connectivity index is 1.46. The quantitative estimate of drug-likeness (QED) is 0.677. The van der Waals surface area contributed by atoms with Gasteiger partial charge in [0.1, 0.15) is 23.9 Å². The summed E-state index contributed by atoms with van der Waals surface area (Å²) in [7, 11) is 0. The van der Waals surface area contributed by atoms with E-state index in [2.05, 4.69) is 5.32 Å². The van der Waals surface area contributed by atoms with E-state index in [0.717, 1.165) is 11.3 Å². The molecule has 0 aliphatic rings. The topological polar surface area (TPSA) is 67.8 Å². The fraction of sp³-hybridized carbons (Fsp3) is 0.0952. The first-order valence-corrected chi connectivity index (χ1v) is 8.17. The van der Waals surface area contributed by atoms with E-state index >= 15 is 0 Å². The van der Waals surface area contributed by atoms with Crippen LogP contribution in [-0.4, -0.2) is 17.6 Å². The number of rotatable bonds is 7. The lowest BCUT2D eigenvalue weighted by atomic mass is 10.2. The summed E-state index contributed by atoms with van der Waals surface area (Å²) in [5.41, 5.74) is 1.61. The second-order valence-electron chi connectivity index (χ2n) is 5.63. The fourth-order valence-electron chi connectivity index (χ4n) is 2.30. The van der Waals surface area contributed by atoms with Gasteiger partial charge in [-0.05, 0) is 42.0 Å². The first kappa shape index (κ1) is 17.4. The predicted molar refractivity (Wildman–Crippen MR) is 99.4 cm³/mol. The van der Waals surface area contributed by atoms with Crippen molar-refractivity contribution in [2.24, 2.45) is 0 Å². The lowest BCUT2D eigenvalue weighted by molar-refractivity contribution is -0.118. The first-order valence-electron chi connectivity index (χ1n) is 8.17. The highest BCUT2D eigenvalue weighted by Gasteiger charge is 2.05. The summed E-state index contributed by atoms with van der Waals surface area (Å²) in [6, 6.07) is 23.4. The fourth-order valence-corrected chi connectivity index (χ4v) is 2.30. The van der Waals surface area contributed by atoms with Gasteiger partial charge in [0, 0.05) is 11.8 Å². The number of hydrogen-bond acceptors (Lipinski definition) is 4. The maximum atomic E-state index is 11.9. The van der Waals surface area contributed by atoms with E-state index in [9.17, 15) is 9.90 Å². The van der Waals surface area contributed by atoms with Crippen LogP contribution >= 0.6 is 0 Å². The molecule has 26 heavy (non-hydrogen) atoms. The Morgan fingerprint density at radius 3 is 2.23 bits per heavy atom. The second-order valence-corrected chi connectivity index (χ2v) is 5.63. The van der Waals surface area contributed by atoms with Crippen molar-refractivity contribution in [3.05, 3.63) is 84.4 Å². The van der Waals surface area contributed by atoms with Gasteiger partial charge >= 0.3 is 0 Å². The Hall–Kier alpha value is -3.47. The molecule has 3 rings (SSSR count). The van der Waals surface area contributed by atoms with E-state index in [4.69, 9.17) is 9.47 Å². The third kappa shape index (κ3) is 5.27. The third-order valence-electron chi connectivity index (χ3n) is 3.57. The highest BCUT2D eigenvalue weighted by molar-refractivity contribution is 5.92. The molecule has 0 bridgehead atoms. The number of carbonyl (C=O) groups is 1. The van der Waals surface area contributed by atoms with Crippen LogP contribution < -0.4 is 14.8 Å². The molecular weight excluding hydrogens is 330 g/mol. The third-order valence-corrected chi connectivity index (χ3v) is 3.57. The van der Waals surface area contributed by atoms with Crippen molar-refractivity contribution in [1.29, 1.82) is 0 Å². The van der Waals surface area contributed by atoms with Gasteiger partial charge in [-0.3, -0.25) is 4.79 Å². The predicted octanol–water partition coefficient (Wildman–Crippen LogP) is 3.99. The lowest BCUT2D eigenvalue weighted by Gasteiger charge is -2.09. The minimum atomic E-state index is -0.306. The largest absolute Gasteiger partial charge is 0.508 e. The highest BCUT2D eigenvalue weighted by Crippen LogP contribution is 2.19. The molecule has 3 aromatic carbocycles. The number of ether oxygens (including phenoxy) is 2. The van der Waals surface area contributed by atoms with Crippen LogP contribution in [0.5, 0.6) is 17.2 Å². The molecular formula is C21H19NO4. The van der Waals surface area contributed by atoms with Crippen molar-refractivity contribution in [3.8, 4) is 17.2 Å². The van der Waals surface area contributed by atoms with Crippen LogP contribution in [0.2, 0.25) is 0 Å². The van der Waals surface area contributed by atoms with E-state index in [1.54, 1.807) is 36.4 Å². The number of amides is 1. The number of benzene rings is 3. The molecule has 0 saturated carbocycles. The van der Waals surface area contributed by atoms with Crippen molar-refractivity contribution in [2.45, 2.75) is 6.61 Å². The molecule has 0 spiro atoms. The molecule has 0 aliphatic heterocycles. The molecule has 0 aromatic heterocycles. The summed E-state index contributed by atoms with van der Waals surface area (Å²) in [6.45, 7) is 0.368. The molecule has 0 saturated heterocycles. The number of phenolic OH excluding ortho intramolecular Hbond substituents is 1. The van der Waals surface area contributed by atoms with Crippen molar-refractivity contribution in [2.75, 3.05) is 11.9 Å². The second kappa shape index (κ2) is 8.58. The van der Waals surface area contributed by atoms with E-state index in [1.807, 2.05) is 30.3 Å². The Morgan fingerprint density at radius 1 is 0.846 bits per heavy atom. The van der Waals surface area contributed by atoms with Gasteiger partial charge in [-0.2, -0.15) is 0 Å². The molecule has 1 amide bonds. The Bertz CT molecular complexity index is 847. The summed E-state index contributed by atoms with van der Waals surface area (Å²) in [6.07, 6.45) is 0. The minimum absolute atomic E-state index is 0.0924. The van der Waals surface area contributed by atoms with Crippen molar-refractivity contribution < 1.29 is 19.4 Å². The molecule has 5 heteroatoms. The van der Waals surface area contributed by atoms with Crippen LogP contribution in [0.15, 0.2) is 78.9 Å². The number of carbonyl (C=O) groups excluding carboxylic acids is 1. The SMILES string of the molecule is O=C(COc1ccc(OCc2ccccc2)cc1)Nc1cccc(O)c1. The number of nitrogens with one attached hydrogen (secondary N) is 1. The number of phenols is 1. The smallest absolute Gasteiger partial charge is 0.262 e. The van der Waals surface area contributed by atoms with E-state index in [0.29, 0.717) is 18.0 Å². The molecule has 132 valence electrons. The molecule has 5 nitrogen and oxygen atoms in total. The van der Waals surface area contributed by atoms with Crippen LogP contribution in [0.1, 0.15) is 5.56 Å². The van der Waals surface area contributed by atoms with Crippen molar-refractivity contribution >= 4 is 11.6 Å². The van der Waals surface area contributed by atoms with Crippen molar-refractivity contribution in [3.63, 3.8) is 0 Å². The van der Waals surface area contributed by atoms with Gasteiger partial charge < -0.3 is 19.9 Å². The molecule has 3 aromatic rings. The summed E-state index contributed by atoms with van der Waals surface area (Å²) < 4.78 is 11.2. The van der Waals surface area contributed by atoms with E-state index in [-0.39, 0.29) is 18.3 Å². The summed E-state index contributed by atoms with van der Waals surface area (Å²) >= 11 is 0. The zero-order valence-corrected chi connectivity index (χ0v) is 14.1. The van der Waals surface area contributed by atoms with Crippen LogP contribution in [-0.2, 0) is 11.4 Å². The molecule has 0 atom stereocenters. The molecule has 0 fully saturated rings. The number of anilines is 1. The first-order chi connectivity index (χ1) is 12.7. The summed E-state index contributed by atoms with van der Waals surface area (Å²) in [4.78, 5) is 11.9. The monoisotopic (exact) mass is 349 g/mol. The normalized spacial score (nSPS) is 10.2.